The van der Waals surface area contributed by atoms with Crippen LogP contribution in [0.25, 0.3) is 10.8 Å². The molecule has 0 aliphatic carbocycles. The summed E-state index contributed by atoms with van der Waals surface area (Å²) in [6.07, 6.45) is 2.04. The molecule has 10 nitrogen and oxygen atoms in total. The number of sulfone groups is 1. The Hall–Kier alpha value is -4.48. The molecule has 2 N–H and O–H groups in total. The number of rotatable bonds is 10. The van der Waals surface area contributed by atoms with E-state index in [4.69, 9.17) is 9.57 Å². The lowest BCUT2D eigenvalue weighted by molar-refractivity contribution is -0.122. The van der Waals surface area contributed by atoms with Crippen LogP contribution in [0.15, 0.2) is 83.9 Å². The third kappa shape index (κ3) is 9.54. The van der Waals surface area contributed by atoms with Gasteiger partial charge in [-0.1, -0.05) is 56.3 Å². The molecule has 0 radical (unpaired) electrons. The van der Waals surface area contributed by atoms with Crippen LogP contribution in [-0.2, 0) is 30.8 Å². The van der Waals surface area contributed by atoms with Gasteiger partial charge in [0, 0.05) is 30.1 Å². The summed E-state index contributed by atoms with van der Waals surface area (Å²) in [6.45, 7) is 15.0. The summed E-state index contributed by atoms with van der Waals surface area (Å²) in [4.78, 5) is 37.9. The van der Waals surface area contributed by atoms with Crippen LogP contribution in [0.3, 0.4) is 0 Å². The number of anilines is 2. The normalized spacial score (nSPS) is 12.9. The molecule has 1 unspecified atom stereocenters. The Morgan fingerprint density at radius 3 is 2.21 bits per heavy atom. The number of ether oxygens (including phenoxy) is 1. The number of nitrogens with one attached hydrogen (secondary N) is 2. The minimum Gasteiger partial charge on any atom is -0.442 e. The van der Waals surface area contributed by atoms with Gasteiger partial charge < -0.3 is 15.4 Å². The smallest absolute Gasteiger partial charge is 0.440 e. The number of hydrogen-bond acceptors (Lipinski definition) is 8. The van der Waals surface area contributed by atoms with Crippen LogP contribution in [0.5, 0.6) is 0 Å². The molecule has 0 bridgehead atoms. The van der Waals surface area contributed by atoms with E-state index < -0.39 is 33.2 Å². The number of carbonyl (C=O) groups is 2. The standard InChI is InChI=1S/C37H46N4O6S/c1-24(2)25-14-12-15-27(21-25)32(34(42)39-23-28-13-10-11-16-31(28)48(9,44)45)40-29-17-18-30-26(22-29)19-20-38-33(30)41(47-37(6,7)8)35(43)46-36(3,4)5/h10-22,24,32,40H,23H2,1-9H3,(H,39,42). The van der Waals surface area contributed by atoms with E-state index in [1.54, 1.807) is 45.2 Å². The molecule has 256 valence electrons. The monoisotopic (exact) mass is 674 g/mol. The van der Waals surface area contributed by atoms with E-state index in [1.165, 1.54) is 6.07 Å². The van der Waals surface area contributed by atoms with Gasteiger partial charge in [0.2, 0.25) is 5.91 Å². The van der Waals surface area contributed by atoms with E-state index >= 15 is 0 Å². The van der Waals surface area contributed by atoms with Crippen LogP contribution in [0.2, 0.25) is 0 Å². The van der Waals surface area contributed by atoms with E-state index in [1.807, 2.05) is 69.3 Å². The van der Waals surface area contributed by atoms with Gasteiger partial charge in [-0.05, 0) is 99.9 Å². The van der Waals surface area contributed by atoms with Crippen LogP contribution >= 0.6 is 0 Å². The van der Waals surface area contributed by atoms with Crippen molar-refractivity contribution in [1.29, 1.82) is 0 Å². The molecule has 4 aromatic rings. The van der Waals surface area contributed by atoms with Crippen molar-refractivity contribution >= 4 is 44.1 Å². The van der Waals surface area contributed by atoms with Crippen molar-refractivity contribution in [3.8, 4) is 0 Å². The van der Waals surface area contributed by atoms with Crippen LogP contribution in [0.4, 0.5) is 16.3 Å². The van der Waals surface area contributed by atoms with Crippen LogP contribution < -0.4 is 15.7 Å². The Morgan fingerprint density at radius 2 is 1.56 bits per heavy atom. The van der Waals surface area contributed by atoms with E-state index in [2.05, 4.69) is 29.5 Å². The maximum absolute atomic E-state index is 13.9. The fourth-order valence-corrected chi connectivity index (χ4v) is 5.96. The average Bonchev–Trinajstić information content (AvgIpc) is 2.99. The van der Waals surface area contributed by atoms with E-state index in [0.29, 0.717) is 16.6 Å². The maximum Gasteiger partial charge on any atom is 0.440 e. The Labute approximate surface area is 283 Å². The molecule has 0 saturated heterocycles. The summed E-state index contributed by atoms with van der Waals surface area (Å²) < 4.78 is 30.4. The van der Waals surface area contributed by atoms with Gasteiger partial charge >= 0.3 is 6.09 Å². The third-order valence-electron chi connectivity index (χ3n) is 7.17. The molecule has 1 atom stereocenters. The molecular weight excluding hydrogens is 628 g/mol. The highest BCUT2D eigenvalue weighted by molar-refractivity contribution is 7.90. The Bertz CT molecular complexity index is 1890. The maximum atomic E-state index is 13.9. The fourth-order valence-electron chi connectivity index (χ4n) is 5.02. The van der Waals surface area contributed by atoms with Gasteiger partial charge in [-0.3, -0.25) is 9.63 Å². The molecule has 2 amide bonds. The Kier molecular flexibility index (Phi) is 10.9. The number of fused-ring (bicyclic) bond motifs is 1. The van der Waals surface area contributed by atoms with Gasteiger partial charge in [0.25, 0.3) is 0 Å². The lowest BCUT2D eigenvalue weighted by Gasteiger charge is -2.31. The van der Waals surface area contributed by atoms with Crippen LogP contribution in [-0.4, -0.2) is 42.9 Å². The second-order valence-electron chi connectivity index (χ2n) is 14.0. The first-order chi connectivity index (χ1) is 22.3. The zero-order valence-corrected chi connectivity index (χ0v) is 29.9. The number of carbonyl (C=O) groups excluding carboxylic acids is 2. The Balaban J connectivity index is 1.71. The highest BCUT2D eigenvalue weighted by Crippen LogP contribution is 2.32. The number of pyridine rings is 1. The average molecular weight is 675 g/mol. The lowest BCUT2D eigenvalue weighted by Crippen LogP contribution is -2.42. The molecule has 11 heteroatoms. The molecular formula is C37H46N4O6S. The molecule has 0 spiro atoms. The number of amides is 2. The zero-order chi connectivity index (χ0) is 35.4. The number of nitrogens with zero attached hydrogens (tertiary/aromatic N) is 2. The number of benzene rings is 3. The molecule has 0 fully saturated rings. The van der Waals surface area contributed by atoms with Gasteiger partial charge in [-0.25, -0.2) is 18.2 Å². The molecule has 4 rings (SSSR count). The minimum absolute atomic E-state index is 0.0329. The van der Waals surface area contributed by atoms with Gasteiger partial charge in [0.15, 0.2) is 15.7 Å². The van der Waals surface area contributed by atoms with Gasteiger partial charge in [0.1, 0.15) is 11.6 Å². The SMILES string of the molecule is CC(C)c1cccc(C(Nc2ccc3c(N(OC(C)(C)C)C(=O)OC(C)(C)C)nccc3c2)C(=O)NCc2ccccc2S(C)(=O)=O)c1. The predicted octanol–water partition coefficient (Wildman–Crippen LogP) is 7.70. The molecule has 1 heterocycles. The summed E-state index contributed by atoms with van der Waals surface area (Å²) in [5.41, 5.74) is 1.49. The largest absolute Gasteiger partial charge is 0.442 e. The lowest BCUT2D eigenvalue weighted by atomic mass is 9.97. The van der Waals surface area contributed by atoms with Gasteiger partial charge in [-0.15, -0.1) is 5.06 Å². The first-order valence-electron chi connectivity index (χ1n) is 15.9. The van der Waals surface area contributed by atoms with Crippen molar-refractivity contribution in [2.24, 2.45) is 0 Å². The van der Waals surface area contributed by atoms with Crippen molar-refractivity contribution in [1.82, 2.24) is 10.3 Å². The highest BCUT2D eigenvalue weighted by Gasteiger charge is 2.31. The van der Waals surface area contributed by atoms with Crippen molar-refractivity contribution in [2.75, 3.05) is 16.6 Å². The highest BCUT2D eigenvalue weighted by atomic mass is 32.2. The van der Waals surface area contributed by atoms with Crippen molar-refractivity contribution in [3.63, 3.8) is 0 Å². The topological polar surface area (TPSA) is 127 Å². The fraction of sp³-hybridized carbons (Fsp3) is 0.378. The second-order valence-corrected chi connectivity index (χ2v) is 16.0. The van der Waals surface area contributed by atoms with Crippen molar-refractivity contribution in [2.45, 2.75) is 90.0 Å². The number of hydroxylamine groups is 1. The summed E-state index contributed by atoms with van der Waals surface area (Å²) in [5, 5.41) is 8.80. The number of hydrogen-bond donors (Lipinski definition) is 2. The van der Waals surface area contributed by atoms with Crippen molar-refractivity contribution in [3.05, 3.63) is 95.7 Å². The Morgan fingerprint density at radius 1 is 0.875 bits per heavy atom. The summed E-state index contributed by atoms with van der Waals surface area (Å²) in [6, 6.07) is 20.9. The molecule has 0 saturated carbocycles. The second kappa shape index (κ2) is 14.3. The summed E-state index contributed by atoms with van der Waals surface area (Å²) in [7, 11) is -3.49. The van der Waals surface area contributed by atoms with Crippen LogP contribution in [0, 0.1) is 0 Å². The first kappa shape index (κ1) is 36.4. The van der Waals surface area contributed by atoms with Gasteiger partial charge in [0.05, 0.1) is 10.5 Å². The van der Waals surface area contributed by atoms with E-state index in [9.17, 15) is 18.0 Å². The molecule has 48 heavy (non-hydrogen) atoms. The molecule has 0 aliphatic rings. The van der Waals surface area contributed by atoms with E-state index in [-0.39, 0.29) is 29.1 Å². The zero-order valence-electron chi connectivity index (χ0n) is 29.1. The molecule has 3 aromatic carbocycles. The first-order valence-corrected chi connectivity index (χ1v) is 17.7. The third-order valence-corrected chi connectivity index (χ3v) is 8.37. The predicted molar refractivity (Wildman–Crippen MR) is 190 cm³/mol. The summed E-state index contributed by atoms with van der Waals surface area (Å²) in [5.74, 6) is 0.182. The van der Waals surface area contributed by atoms with Gasteiger partial charge in [-0.2, -0.15) is 0 Å². The quantitative estimate of drug-likeness (QED) is 0.164. The molecule has 1 aromatic heterocycles. The van der Waals surface area contributed by atoms with E-state index in [0.717, 1.165) is 27.8 Å². The number of aromatic nitrogens is 1. The van der Waals surface area contributed by atoms with Crippen LogP contribution in [0.1, 0.15) is 84.0 Å². The van der Waals surface area contributed by atoms with Crippen molar-refractivity contribution < 1.29 is 27.6 Å². The minimum atomic E-state index is -3.49. The summed E-state index contributed by atoms with van der Waals surface area (Å²) >= 11 is 0. The molecule has 0 aliphatic heterocycles.